The number of para-hydroxylation sites is 1. The van der Waals surface area contributed by atoms with Crippen molar-refractivity contribution in [1.29, 1.82) is 0 Å². The van der Waals surface area contributed by atoms with E-state index in [1.165, 1.54) is 16.8 Å². The summed E-state index contributed by atoms with van der Waals surface area (Å²) in [4.78, 5) is 2.52. The highest BCUT2D eigenvalue weighted by Gasteiger charge is 2.39. The molecule has 2 aliphatic heterocycles. The zero-order valence-corrected chi connectivity index (χ0v) is 10.8. The van der Waals surface area contributed by atoms with Crippen LogP contribution in [0.2, 0.25) is 0 Å². The van der Waals surface area contributed by atoms with Crippen LogP contribution in [0.4, 0.5) is 5.69 Å². The Morgan fingerprint density at radius 3 is 2.53 bits per heavy atom. The van der Waals surface area contributed by atoms with Crippen LogP contribution in [0.3, 0.4) is 0 Å². The number of epoxide rings is 1. The van der Waals surface area contributed by atoms with Crippen LogP contribution in [0.5, 0.6) is 0 Å². The molecule has 2 heteroatoms. The standard InChI is InChI=1S/C17H17NO/c1-2-7-14(8-3-1)17(16-12-19-16)18-11-10-13-6-4-5-9-15(13)18/h1-9,16-17H,10-12H2/t16-,17+/m0/s1. The van der Waals surface area contributed by atoms with E-state index in [2.05, 4.69) is 59.5 Å². The summed E-state index contributed by atoms with van der Waals surface area (Å²) in [6.45, 7) is 1.98. The first kappa shape index (κ1) is 11.1. The average molecular weight is 251 g/mol. The second kappa shape index (κ2) is 4.39. The first-order valence-corrected chi connectivity index (χ1v) is 6.94. The van der Waals surface area contributed by atoms with Crippen molar-refractivity contribution >= 4 is 5.69 Å². The molecule has 0 aliphatic carbocycles. The molecule has 1 saturated heterocycles. The van der Waals surface area contributed by atoms with Gasteiger partial charge in [-0.2, -0.15) is 0 Å². The maximum Gasteiger partial charge on any atom is 0.105 e. The molecule has 19 heavy (non-hydrogen) atoms. The summed E-state index contributed by atoms with van der Waals surface area (Å²) in [5.41, 5.74) is 4.21. The number of rotatable bonds is 3. The Kier molecular flexibility index (Phi) is 2.56. The van der Waals surface area contributed by atoms with Crippen LogP contribution in [0.25, 0.3) is 0 Å². The lowest BCUT2D eigenvalue weighted by atomic mass is 10.0. The summed E-state index contributed by atoms with van der Waals surface area (Å²) in [5, 5.41) is 0. The van der Waals surface area contributed by atoms with E-state index in [0.29, 0.717) is 12.1 Å². The molecule has 96 valence electrons. The summed E-state index contributed by atoms with van der Waals surface area (Å²) >= 11 is 0. The van der Waals surface area contributed by atoms with Crippen molar-refractivity contribution < 1.29 is 4.74 Å². The van der Waals surface area contributed by atoms with Crippen molar-refractivity contribution in [3.63, 3.8) is 0 Å². The smallest absolute Gasteiger partial charge is 0.105 e. The fraction of sp³-hybridized carbons (Fsp3) is 0.294. The Labute approximate surface area is 113 Å². The molecule has 2 aromatic rings. The van der Waals surface area contributed by atoms with Crippen molar-refractivity contribution in [2.75, 3.05) is 18.1 Å². The molecule has 0 radical (unpaired) electrons. The van der Waals surface area contributed by atoms with Gasteiger partial charge < -0.3 is 9.64 Å². The maximum absolute atomic E-state index is 5.61. The van der Waals surface area contributed by atoms with E-state index in [1.54, 1.807) is 0 Å². The van der Waals surface area contributed by atoms with E-state index < -0.39 is 0 Å². The lowest BCUT2D eigenvalue weighted by Gasteiger charge is -2.29. The highest BCUT2D eigenvalue weighted by Crippen LogP contribution is 2.40. The van der Waals surface area contributed by atoms with Gasteiger partial charge in [0.05, 0.1) is 12.6 Å². The molecule has 0 saturated carbocycles. The lowest BCUT2D eigenvalue weighted by molar-refractivity contribution is 0.368. The predicted octanol–water partition coefficient (Wildman–Crippen LogP) is 3.19. The van der Waals surface area contributed by atoms with Gasteiger partial charge in [-0.3, -0.25) is 0 Å². The van der Waals surface area contributed by atoms with E-state index in [9.17, 15) is 0 Å². The fourth-order valence-electron chi connectivity index (χ4n) is 3.14. The second-order valence-electron chi connectivity index (χ2n) is 5.30. The molecular weight excluding hydrogens is 234 g/mol. The molecule has 0 bridgehead atoms. The SMILES string of the molecule is c1ccc([C@H]([C@@H]2CO2)N2CCc3ccccc32)cc1. The summed E-state index contributed by atoms with van der Waals surface area (Å²) in [6.07, 6.45) is 1.50. The van der Waals surface area contributed by atoms with Gasteiger partial charge in [0, 0.05) is 12.2 Å². The molecule has 0 N–H and O–H groups in total. The third-order valence-electron chi connectivity index (χ3n) is 4.11. The molecule has 2 nitrogen and oxygen atoms in total. The van der Waals surface area contributed by atoms with Gasteiger partial charge in [-0.1, -0.05) is 48.5 Å². The number of fused-ring (bicyclic) bond motifs is 1. The van der Waals surface area contributed by atoms with Crippen LogP contribution in [0.15, 0.2) is 54.6 Å². The van der Waals surface area contributed by atoms with Crippen molar-refractivity contribution in [1.82, 2.24) is 0 Å². The van der Waals surface area contributed by atoms with Gasteiger partial charge in [-0.05, 0) is 23.6 Å². The first-order valence-electron chi connectivity index (χ1n) is 6.94. The van der Waals surface area contributed by atoms with Gasteiger partial charge in [-0.25, -0.2) is 0 Å². The number of ether oxygens (including phenoxy) is 1. The Bertz CT molecular complexity index is 577. The first-order chi connectivity index (χ1) is 9.43. The molecule has 0 aromatic heterocycles. The van der Waals surface area contributed by atoms with Crippen LogP contribution < -0.4 is 4.90 Å². The number of hydrogen-bond donors (Lipinski definition) is 0. The Hall–Kier alpha value is -1.80. The van der Waals surface area contributed by atoms with E-state index in [-0.39, 0.29) is 0 Å². The van der Waals surface area contributed by atoms with Gasteiger partial charge in [0.1, 0.15) is 6.10 Å². The zero-order valence-electron chi connectivity index (χ0n) is 10.8. The molecule has 2 aromatic carbocycles. The van der Waals surface area contributed by atoms with Gasteiger partial charge in [0.2, 0.25) is 0 Å². The normalized spacial score (nSPS) is 22.1. The Morgan fingerprint density at radius 2 is 1.74 bits per heavy atom. The molecule has 0 spiro atoms. The molecule has 1 fully saturated rings. The van der Waals surface area contributed by atoms with Gasteiger partial charge in [0.25, 0.3) is 0 Å². The third-order valence-corrected chi connectivity index (χ3v) is 4.11. The minimum absolute atomic E-state index is 0.355. The van der Waals surface area contributed by atoms with E-state index >= 15 is 0 Å². The van der Waals surface area contributed by atoms with Crippen molar-refractivity contribution in [2.24, 2.45) is 0 Å². The van der Waals surface area contributed by atoms with E-state index in [1.807, 2.05) is 0 Å². The molecule has 4 rings (SSSR count). The molecule has 2 heterocycles. The van der Waals surface area contributed by atoms with E-state index in [4.69, 9.17) is 4.74 Å². The lowest BCUT2D eigenvalue weighted by Crippen LogP contribution is -2.30. The highest BCUT2D eigenvalue weighted by molar-refractivity contribution is 5.60. The number of anilines is 1. The second-order valence-corrected chi connectivity index (χ2v) is 5.30. The molecule has 0 unspecified atom stereocenters. The number of nitrogens with zero attached hydrogens (tertiary/aromatic N) is 1. The summed E-state index contributed by atoms with van der Waals surface area (Å²) < 4.78 is 5.61. The Morgan fingerprint density at radius 1 is 1.00 bits per heavy atom. The molecule has 0 amide bonds. The van der Waals surface area contributed by atoms with Crippen molar-refractivity contribution in [3.8, 4) is 0 Å². The number of hydrogen-bond acceptors (Lipinski definition) is 2. The highest BCUT2D eigenvalue weighted by atomic mass is 16.6. The summed E-state index contributed by atoms with van der Waals surface area (Å²) in [5.74, 6) is 0. The van der Waals surface area contributed by atoms with Crippen LogP contribution in [0.1, 0.15) is 17.2 Å². The van der Waals surface area contributed by atoms with Gasteiger partial charge in [0.15, 0.2) is 0 Å². The van der Waals surface area contributed by atoms with Crippen molar-refractivity contribution in [3.05, 3.63) is 65.7 Å². The Balaban J connectivity index is 1.73. The van der Waals surface area contributed by atoms with Crippen LogP contribution in [0, 0.1) is 0 Å². The van der Waals surface area contributed by atoms with Crippen LogP contribution in [-0.4, -0.2) is 19.3 Å². The number of benzene rings is 2. The monoisotopic (exact) mass is 251 g/mol. The maximum atomic E-state index is 5.61. The van der Waals surface area contributed by atoms with Crippen molar-refractivity contribution in [2.45, 2.75) is 18.6 Å². The minimum atomic E-state index is 0.355. The summed E-state index contributed by atoms with van der Waals surface area (Å²) in [6, 6.07) is 19.9. The third kappa shape index (κ3) is 1.92. The largest absolute Gasteiger partial charge is 0.371 e. The molecule has 2 atom stereocenters. The fourth-order valence-corrected chi connectivity index (χ4v) is 3.14. The van der Waals surface area contributed by atoms with E-state index in [0.717, 1.165) is 19.6 Å². The molecule has 2 aliphatic rings. The van der Waals surface area contributed by atoms with Crippen LogP contribution in [-0.2, 0) is 11.2 Å². The van der Waals surface area contributed by atoms with Crippen LogP contribution >= 0.6 is 0 Å². The molecular formula is C17H17NO. The quantitative estimate of drug-likeness (QED) is 0.779. The average Bonchev–Trinajstić information content (AvgIpc) is 3.21. The van der Waals surface area contributed by atoms with Gasteiger partial charge >= 0.3 is 0 Å². The topological polar surface area (TPSA) is 15.8 Å². The zero-order chi connectivity index (χ0) is 12.7. The van der Waals surface area contributed by atoms with Gasteiger partial charge in [-0.15, -0.1) is 0 Å². The predicted molar refractivity (Wildman–Crippen MR) is 76.4 cm³/mol. The minimum Gasteiger partial charge on any atom is -0.371 e. The summed E-state index contributed by atoms with van der Waals surface area (Å²) in [7, 11) is 0.